The lowest BCUT2D eigenvalue weighted by Gasteiger charge is -2.17. The van der Waals surface area contributed by atoms with E-state index < -0.39 is 0 Å². The van der Waals surface area contributed by atoms with Gasteiger partial charge in [-0.25, -0.2) is 4.98 Å². The largest absolute Gasteiger partial charge is 0.492 e. The molecule has 5 heteroatoms. The molecule has 1 N–H and O–H groups in total. The van der Waals surface area contributed by atoms with Gasteiger partial charge in [0.15, 0.2) is 0 Å². The monoisotopic (exact) mass is 309 g/mol. The Morgan fingerprint density at radius 2 is 2.00 bits per heavy atom. The predicted octanol–water partition coefficient (Wildman–Crippen LogP) is 3.02. The average Bonchev–Trinajstić information content (AvgIpc) is 3.03. The molecular formula is C18H19N3O2. The summed E-state index contributed by atoms with van der Waals surface area (Å²) in [6, 6.07) is 13.3. The van der Waals surface area contributed by atoms with Gasteiger partial charge in [-0.1, -0.05) is 17.7 Å². The molecule has 5 nitrogen and oxygen atoms in total. The molecule has 0 saturated heterocycles. The topological polar surface area (TPSA) is 58.2 Å². The van der Waals surface area contributed by atoms with Crippen molar-refractivity contribution in [1.29, 1.82) is 0 Å². The number of fused-ring (bicyclic) bond motifs is 1. The molecule has 3 rings (SSSR count). The zero-order chi connectivity index (χ0) is 16.2. The van der Waals surface area contributed by atoms with E-state index in [0.717, 1.165) is 16.8 Å². The second kappa shape index (κ2) is 6.52. The Kier molecular flexibility index (Phi) is 4.28. The number of hydrogen-bond acceptors (Lipinski definition) is 3. The number of amides is 1. The normalized spacial score (nSPS) is 10.7. The second-order valence-corrected chi connectivity index (χ2v) is 5.52. The van der Waals surface area contributed by atoms with Crippen LogP contribution in [0.1, 0.15) is 15.9 Å². The lowest BCUT2D eigenvalue weighted by molar-refractivity contribution is 0.0774. The maximum absolute atomic E-state index is 12.4. The van der Waals surface area contributed by atoms with Crippen molar-refractivity contribution in [3.05, 3.63) is 59.9 Å². The van der Waals surface area contributed by atoms with E-state index >= 15 is 0 Å². The van der Waals surface area contributed by atoms with Crippen LogP contribution in [0.4, 0.5) is 0 Å². The average molecular weight is 309 g/mol. The van der Waals surface area contributed by atoms with Crippen LogP contribution in [0.25, 0.3) is 11.0 Å². The Hall–Kier alpha value is -2.82. The molecule has 2 aromatic carbocycles. The van der Waals surface area contributed by atoms with Gasteiger partial charge in [-0.05, 0) is 37.3 Å². The number of H-pyrrole nitrogens is 1. The number of imidazole rings is 1. The van der Waals surface area contributed by atoms with Crippen LogP contribution in [-0.4, -0.2) is 41.0 Å². The molecular weight excluding hydrogens is 290 g/mol. The molecule has 0 atom stereocenters. The van der Waals surface area contributed by atoms with Crippen LogP contribution in [-0.2, 0) is 0 Å². The summed E-state index contributed by atoms with van der Waals surface area (Å²) in [4.78, 5) is 21.3. The van der Waals surface area contributed by atoms with Crippen molar-refractivity contribution in [2.24, 2.45) is 0 Å². The van der Waals surface area contributed by atoms with Gasteiger partial charge >= 0.3 is 0 Å². The summed E-state index contributed by atoms with van der Waals surface area (Å²) >= 11 is 0. The maximum atomic E-state index is 12.4. The molecule has 0 spiro atoms. The number of aromatic amines is 1. The fraction of sp³-hybridized carbons (Fsp3) is 0.222. The van der Waals surface area contributed by atoms with Crippen LogP contribution < -0.4 is 4.74 Å². The third kappa shape index (κ3) is 3.51. The van der Waals surface area contributed by atoms with Crippen molar-refractivity contribution in [2.45, 2.75) is 6.92 Å². The van der Waals surface area contributed by atoms with Gasteiger partial charge in [-0.15, -0.1) is 0 Å². The first kappa shape index (κ1) is 15.1. The summed E-state index contributed by atoms with van der Waals surface area (Å²) in [6.07, 6.45) is 1.62. The maximum Gasteiger partial charge on any atom is 0.253 e. The Morgan fingerprint density at radius 1 is 1.22 bits per heavy atom. The predicted molar refractivity (Wildman–Crippen MR) is 89.7 cm³/mol. The zero-order valence-corrected chi connectivity index (χ0v) is 13.2. The molecule has 3 aromatic rings. The smallest absolute Gasteiger partial charge is 0.253 e. The number of benzene rings is 2. The lowest BCUT2D eigenvalue weighted by atomic mass is 10.2. The highest BCUT2D eigenvalue weighted by Crippen LogP contribution is 2.14. The van der Waals surface area contributed by atoms with Gasteiger partial charge in [-0.3, -0.25) is 4.79 Å². The van der Waals surface area contributed by atoms with Crippen molar-refractivity contribution >= 4 is 16.9 Å². The first-order valence-electron chi connectivity index (χ1n) is 7.51. The lowest BCUT2D eigenvalue weighted by Crippen LogP contribution is -2.30. The molecule has 0 radical (unpaired) electrons. The van der Waals surface area contributed by atoms with Crippen LogP contribution in [0.15, 0.2) is 48.8 Å². The number of aryl methyl sites for hydroxylation is 1. The molecule has 1 amide bonds. The highest BCUT2D eigenvalue weighted by Gasteiger charge is 2.12. The fourth-order valence-corrected chi connectivity index (χ4v) is 2.33. The number of rotatable bonds is 5. The van der Waals surface area contributed by atoms with E-state index in [0.29, 0.717) is 18.7 Å². The Morgan fingerprint density at radius 3 is 2.78 bits per heavy atom. The van der Waals surface area contributed by atoms with E-state index in [-0.39, 0.29) is 5.91 Å². The fourth-order valence-electron chi connectivity index (χ4n) is 2.33. The SMILES string of the molecule is Cc1ccc(OCCN(C)C(=O)c2ccc3nc[nH]c3c2)cc1. The molecule has 0 aliphatic heterocycles. The summed E-state index contributed by atoms with van der Waals surface area (Å²) in [6.45, 7) is 3.01. The zero-order valence-electron chi connectivity index (χ0n) is 13.2. The van der Waals surface area contributed by atoms with Gasteiger partial charge in [0.25, 0.3) is 5.91 Å². The molecule has 0 fully saturated rings. The van der Waals surface area contributed by atoms with Crippen molar-refractivity contribution < 1.29 is 9.53 Å². The number of carbonyl (C=O) groups is 1. The number of ether oxygens (including phenoxy) is 1. The van der Waals surface area contributed by atoms with Crippen molar-refractivity contribution in [3.8, 4) is 5.75 Å². The molecule has 0 bridgehead atoms. The molecule has 0 saturated carbocycles. The minimum absolute atomic E-state index is 0.0333. The Labute approximate surface area is 134 Å². The highest BCUT2D eigenvalue weighted by molar-refractivity contribution is 5.97. The third-order valence-corrected chi connectivity index (χ3v) is 3.73. The van der Waals surface area contributed by atoms with Crippen LogP contribution in [0, 0.1) is 6.92 Å². The Bertz CT molecular complexity index is 809. The molecule has 0 aliphatic carbocycles. The first-order chi connectivity index (χ1) is 11.1. The van der Waals surface area contributed by atoms with E-state index in [1.54, 1.807) is 24.3 Å². The summed E-state index contributed by atoms with van der Waals surface area (Å²) in [5, 5.41) is 0. The molecule has 0 unspecified atom stereocenters. The van der Waals surface area contributed by atoms with E-state index in [2.05, 4.69) is 9.97 Å². The second-order valence-electron chi connectivity index (χ2n) is 5.52. The van der Waals surface area contributed by atoms with Gasteiger partial charge in [0.2, 0.25) is 0 Å². The molecule has 1 heterocycles. The highest BCUT2D eigenvalue weighted by atomic mass is 16.5. The van der Waals surface area contributed by atoms with E-state index in [1.165, 1.54) is 5.56 Å². The van der Waals surface area contributed by atoms with E-state index in [4.69, 9.17) is 4.74 Å². The van der Waals surface area contributed by atoms with Crippen LogP contribution in [0.3, 0.4) is 0 Å². The standard InChI is InChI=1S/C18H19N3O2/c1-13-3-6-15(7-4-13)23-10-9-21(2)18(22)14-5-8-16-17(11-14)20-12-19-16/h3-8,11-12H,9-10H2,1-2H3,(H,19,20). The first-order valence-corrected chi connectivity index (χ1v) is 7.51. The van der Waals surface area contributed by atoms with Gasteiger partial charge in [0.1, 0.15) is 12.4 Å². The van der Waals surface area contributed by atoms with Crippen molar-refractivity contribution in [2.75, 3.05) is 20.2 Å². The summed E-state index contributed by atoms with van der Waals surface area (Å²) in [7, 11) is 1.78. The van der Waals surface area contributed by atoms with Gasteiger partial charge in [0.05, 0.1) is 23.9 Å². The van der Waals surface area contributed by atoms with E-state index in [9.17, 15) is 4.79 Å². The van der Waals surface area contributed by atoms with Crippen LogP contribution in [0.2, 0.25) is 0 Å². The quantitative estimate of drug-likeness (QED) is 0.788. The number of aromatic nitrogens is 2. The number of hydrogen-bond donors (Lipinski definition) is 1. The van der Waals surface area contributed by atoms with Gasteiger partial charge < -0.3 is 14.6 Å². The van der Waals surface area contributed by atoms with Crippen molar-refractivity contribution in [1.82, 2.24) is 14.9 Å². The minimum atomic E-state index is -0.0333. The molecule has 0 aliphatic rings. The number of nitrogens with one attached hydrogen (secondary N) is 1. The minimum Gasteiger partial charge on any atom is -0.492 e. The summed E-state index contributed by atoms with van der Waals surface area (Å²) < 4.78 is 5.67. The Balaban J connectivity index is 1.57. The molecule has 118 valence electrons. The van der Waals surface area contributed by atoms with Gasteiger partial charge in [0, 0.05) is 12.6 Å². The third-order valence-electron chi connectivity index (χ3n) is 3.73. The summed E-state index contributed by atoms with van der Waals surface area (Å²) in [5.41, 5.74) is 3.55. The van der Waals surface area contributed by atoms with Crippen molar-refractivity contribution in [3.63, 3.8) is 0 Å². The molecule has 23 heavy (non-hydrogen) atoms. The number of carbonyl (C=O) groups excluding carboxylic acids is 1. The number of likely N-dealkylation sites (N-methyl/N-ethyl adjacent to an activating group) is 1. The summed E-state index contributed by atoms with van der Waals surface area (Å²) in [5.74, 6) is 0.782. The van der Waals surface area contributed by atoms with Crippen LogP contribution >= 0.6 is 0 Å². The van der Waals surface area contributed by atoms with Crippen LogP contribution in [0.5, 0.6) is 5.75 Å². The van der Waals surface area contributed by atoms with Gasteiger partial charge in [-0.2, -0.15) is 0 Å². The van der Waals surface area contributed by atoms with E-state index in [1.807, 2.05) is 43.3 Å². The molecule has 1 aromatic heterocycles. The number of nitrogens with zero attached hydrogens (tertiary/aromatic N) is 2.